The largest absolute Gasteiger partial charge is 0.347 e. The maximum Gasteiger partial charge on any atom is 0.254 e. The van der Waals surface area contributed by atoms with E-state index in [1.807, 2.05) is 31.4 Å². The third-order valence-corrected chi connectivity index (χ3v) is 4.32. The highest BCUT2D eigenvalue weighted by Crippen LogP contribution is 2.25. The molecule has 122 valence electrons. The van der Waals surface area contributed by atoms with Gasteiger partial charge in [0.05, 0.1) is 18.2 Å². The summed E-state index contributed by atoms with van der Waals surface area (Å²) in [4.78, 5) is 25.0. The van der Waals surface area contributed by atoms with Crippen molar-refractivity contribution in [3.8, 4) is 0 Å². The Balaban J connectivity index is 1.92. The molecule has 2 rings (SSSR count). The SMILES string of the molecule is CC(C)[C@H](NC(=O)CNC(=O)c1ccccc1F)c1cccs1. The van der Waals surface area contributed by atoms with Gasteiger partial charge in [0.2, 0.25) is 5.91 Å². The van der Waals surface area contributed by atoms with Crippen molar-refractivity contribution in [3.63, 3.8) is 0 Å². The Hall–Kier alpha value is -2.21. The van der Waals surface area contributed by atoms with Crippen LogP contribution in [0, 0.1) is 11.7 Å². The van der Waals surface area contributed by atoms with Gasteiger partial charge in [-0.3, -0.25) is 9.59 Å². The van der Waals surface area contributed by atoms with Gasteiger partial charge in [-0.1, -0.05) is 32.0 Å². The van der Waals surface area contributed by atoms with Crippen LogP contribution in [-0.4, -0.2) is 18.4 Å². The molecule has 0 saturated carbocycles. The van der Waals surface area contributed by atoms with Crippen molar-refractivity contribution in [1.29, 1.82) is 0 Å². The van der Waals surface area contributed by atoms with Crippen LogP contribution in [0.15, 0.2) is 41.8 Å². The van der Waals surface area contributed by atoms with Crippen molar-refractivity contribution in [2.45, 2.75) is 19.9 Å². The van der Waals surface area contributed by atoms with E-state index in [0.29, 0.717) is 0 Å². The Labute approximate surface area is 138 Å². The second-order valence-electron chi connectivity index (χ2n) is 5.47. The Morgan fingerprint density at radius 3 is 2.52 bits per heavy atom. The summed E-state index contributed by atoms with van der Waals surface area (Å²) < 4.78 is 13.5. The first kappa shape index (κ1) is 17.1. The van der Waals surface area contributed by atoms with E-state index in [4.69, 9.17) is 0 Å². The van der Waals surface area contributed by atoms with Gasteiger partial charge in [0.25, 0.3) is 5.91 Å². The van der Waals surface area contributed by atoms with Crippen molar-refractivity contribution < 1.29 is 14.0 Å². The molecule has 1 heterocycles. The fourth-order valence-electron chi connectivity index (χ4n) is 2.16. The molecule has 23 heavy (non-hydrogen) atoms. The lowest BCUT2D eigenvalue weighted by Crippen LogP contribution is -2.40. The summed E-state index contributed by atoms with van der Waals surface area (Å²) >= 11 is 1.57. The number of benzene rings is 1. The van der Waals surface area contributed by atoms with Crippen LogP contribution in [0.1, 0.15) is 35.1 Å². The van der Waals surface area contributed by atoms with E-state index < -0.39 is 11.7 Å². The monoisotopic (exact) mass is 334 g/mol. The van der Waals surface area contributed by atoms with Crippen molar-refractivity contribution in [2.24, 2.45) is 5.92 Å². The van der Waals surface area contributed by atoms with Crippen LogP contribution in [0.5, 0.6) is 0 Å². The van der Waals surface area contributed by atoms with Crippen molar-refractivity contribution in [1.82, 2.24) is 10.6 Å². The predicted molar refractivity (Wildman–Crippen MR) is 88.8 cm³/mol. The van der Waals surface area contributed by atoms with E-state index in [9.17, 15) is 14.0 Å². The number of rotatable bonds is 6. The molecule has 0 unspecified atom stereocenters. The summed E-state index contributed by atoms with van der Waals surface area (Å²) in [7, 11) is 0. The standard InChI is InChI=1S/C17H19FN2O2S/c1-11(2)16(14-8-5-9-23-14)20-15(21)10-19-17(22)12-6-3-4-7-13(12)18/h3-9,11,16H,10H2,1-2H3,(H,19,22)(H,20,21)/t16-/m0/s1. The summed E-state index contributed by atoms with van der Waals surface area (Å²) in [6, 6.07) is 9.46. The summed E-state index contributed by atoms with van der Waals surface area (Å²) in [5, 5.41) is 7.30. The summed E-state index contributed by atoms with van der Waals surface area (Å²) in [6.07, 6.45) is 0. The highest BCUT2D eigenvalue weighted by Gasteiger charge is 2.20. The highest BCUT2D eigenvalue weighted by atomic mass is 32.1. The fraction of sp³-hybridized carbons (Fsp3) is 0.294. The predicted octanol–water partition coefficient (Wildman–Crippen LogP) is 3.13. The summed E-state index contributed by atoms with van der Waals surface area (Å²) in [5.41, 5.74) is -0.0704. The molecule has 4 nitrogen and oxygen atoms in total. The lowest BCUT2D eigenvalue weighted by molar-refractivity contribution is -0.121. The van der Waals surface area contributed by atoms with Crippen LogP contribution in [0.2, 0.25) is 0 Å². The molecule has 2 N–H and O–H groups in total. The molecular formula is C17H19FN2O2S. The highest BCUT2D eigenvalue weighted by molar-refractivity contribution is 7.10. The third kappa shape index (κ3) is 4.63. The number of carbonyl (C=O) groups excluding carboxylic acids is 2. The number of thiophene rings is 1. The first-order valence-corrected chi connectivity index (χ1v) is 8.22. The number of amides is 2. The zero-order valence-electron chi connectivity index (χ0n) is 13.0. The minimum atomic E-state index is -0.607. The molecule has 0 aliphatic heterocycles. The average Bonchev–Trinajstić information content (AvgIpc) is 3.04. The molecule has 1 aromatic carbocycles. The van der Waals surface area contributed by atoms with E-state index >= 15 is 0 Å². The Morgan fingerprint density at radius 1 is 1.17 bits per heavy atom. The molecule has 0 spiro atoms. The molecule has 1 atom stereocenters. The minimum Gasteiger partial charge on any atom is -0.347 e. The van der Waals surface area contributed by atoms with E-state index in [-0.39, 0.29) is 30.0 Å². The van der Waals surface area contributed by atoms with E-state index in [2.05, 4.69) is 10.6 Å². The molecule has 0 bridgehead atoms. The van der Waals surface area contributed by atoms with Gasteiger partial charge >= 0.3 is 0 Å². The van der Waals surface area contributed by atoms with E-state index in [1.165, 1.54) is 18.2 Å². The molecule has 0 saturated heterocycles. The fourth-order valence-corrected chi connectivity index (χ4v) is 3.11. The normalized spacial score (nSPS) is 12.0. The molecule has 2 amide bonds. The number of carbonyl (C=O) groups is 2. The molecule has 0 fully saturated rings. The first-order valence-electron chi connectivity index (χ1n) is 7.34. The first-order chi connectivity index (χ1) is 11.0. The van der Waals surface area contributed by atoms with Crippen LogP contribution < -0.4 is 10.6 Å². The smallest absolute Gasteiger partial charge is 0.254 e. The van der Waals surface area contributed by atoms with Gasteiger partial charge < -0.3 is 10.6 Å². The van der Waals surface area contributed by atoms with Crippen molar-refractivity contribution >= 4 is 23.2 Å². The van der Waals surface area contributed by atoms with Crippen LogP contribution in [0.4, 0.5) is 4.39 Å². The van der Waals surface area contributed by atoms with Crippen LogP contribution >= 0.6 is 11.3 Å². The minimum absolute atomic E-state index is 0.0704. The second kappa shape index (κ2) is 7.87. The molecule has 1 aromatic heterocycles. The lowest BCUT2D eigenvalue weighted by Gasteiger charge is -2.21. The zero-order chi connectivity index (χ0) is 16.8. The van der Waals surface area contributed by atoms with Gasteiger partial charge in [-0.05, 0) is 29.5 Å². The van der Waals surface area contributed by atoms with E-state index in [0.717, 1.165) is 4.88 Å². The Kier molecular flexibility index (Phi) is 5.87. The molecular weight excluding hydrogens is 315 g/mol. The van der Waals surface area contributed by atoms with Gasteiger partial charge in [0.15, 0.2) is 0 Å². The number of halogens is 1. The van der Waals surface area contributed by atoms with Gasteiger partial charge in [-0.25, -0.2) is 4.39 Å². The molecule has 6 heteroatoms. The second-order valence-corrected chi connectivity index (χ2v) is 6.45. The van der Waals surface area contributed by atoms with Gasteiger partial charge in [-0.2, -0.15) is 0 Å². The third-order valence-electron chi connectivity index (χ3n) is 3.36. The molecule has 0 aliphatic rings. The number of hydrogen-bond acceptors (Lipinski definition) is 3. The topological polar surface area (TPSA) is 58.2 Å². The van der Waals surface area contributed by atoms with Crippen molar-refractivity contribution in [2.75, 3.05) is 6.54 Å². The summed E-state index contributed by atoms with van der Waals surface area (Å²) in [5.74, 6) is -1.29. The Bertz CT molecular complexity index is 671. The average molecular weight is 334 g/mol. The maximum absolute atomic E-state index is 13.5. The van der Waals surface area contributed by atoms with Crippen LogP contribution in [0.25, 0.3) is 0 Å². The number of hydrogen-bond donors (Lipinski definition) is 2. The van der Waals surface area contributed by atoms with Gasteiger partial charge in [0, 0.05) is 4.88 Å². The van der Waals surface area contributed by atoms with E-state index in [1.54, 1.807) is 17.4 Å². The maximum atomic E-state index is 13.5. The molecule has 0 radical (unpaired) electrons. The van der Waals surface area contributed by atoms with Crippen LogP contribution in [-0.2, 0) is 4.79 Å². The molecule has 0 aliphatic carbocycles. The van der Waals surface area contributed by atoms with Gasteiger partial charge in [-0.15, -0.1) is 11.3 Å². The zero-order valence-corrected chi connectivity index (χ0v) is 13.8. The molecule has 2 aromatic rings. The Morgan fingerprint density at radius 2 is 1.91 bits per heavy atom. The van der Waals surface area contributed by atoms with Crippen molar-refractivity contribution in [3.05, 3.63) is 58.0 Å². The number of nitrogens with one attached hydrogen (secondary N) is 2. The summed E-state index contributed by atoms with van der Waals surface area (Å²) in [6.45, 7) is 3.84. The quantitative estimate of drug-likeness (QED) is 0.853. The lowest BCUT2D eigenvalue weighted by atomic mass is 10.0. The van der Waals surface area contributed by atoms with Gasteiger partial charge in [0.1, 0.15) is 5.82 Å². The van der Waals surface area contributed by atoms with Crippen LogP contribution in [0.3, 0.4) is 0 Å².